The zero-order valence-corrected chi connectivity index (χ0v) is 16.2. The number of rotatable bonds is 5. The van der Waals surface area contributed by atoms with Crippen molar-refractivity contribution in [3.63, 3.8) is 0 Å². The Morgan fingerprint density at radius 1 is 1.14 bits per heavy atom. The molecule has 0 bridgehead atoms. The smallest absolute Gasteiger partial charge is 0.248 e. The third-order valence-corrected chi connectivity index (χ3v) is 5.22. The van der Waals surface area contributed by atoms with Crippen LogP contribution in [-0.2, 0) is 4.79 Å². The fraction of sp³-hybridized carbons (Fsp3) is 0.318. The number of hydrogen-bond acceptors (Lipinski definition) is 5. The Balaban J connectivity index is 1.33. The van der Waals surface area contributed by atoms with Crippen molar-refractivity contribution in [3.05, 3.63) is 54.1 Å². The number of nitrogens with one attached hydrogen (secondary N) is 1. The molecule has 2 aliphatic rings. The lowest BCUT2D eigenvalue weighted by molar-refractivity contribution is -0.111. The van der Waals surface area contributed by atoms with Crippen molar-refractivity contribution in [3.8, 4) is 11.5 Å². The average Bonchev–Trinajstić information content (AvgIpc) is 3.36. The molecule has 1 N–H and O–H groups in total. The molecule has 1 fully saturated rings. The maximum Gasteiger partial charge on any atom is 0.248 e. The molecule has 2 aromatic carbocycles. The number of likely N-dealkylation sites (N-methyl/N-ethyl adjacent to an activating group) is 1. The van der Waals surface area contributed by atoms with Gasteiger partial charge in [0.15, 0.2) is 11.5 Å². The van der Waals surface area contributed by atoms with Crippen LogP contribution in [0.4, 0.5) is 11.4 Å². The number of anilines is 2. The van der Waals surface area contributed by atoms with Crippen molar-refractivity contribution in [1.82, 2.24) is 4.90 Å². The van der Waals surface area contributed by atoms with E-state index in [1.807, 2.05) is 30.3 Å². The summed E-state index contributed by atoms with van der Waals surface area (Å²) >= 11 is 0. The molecule has 2 heterocycles. The van der Waals surface area contributed by atoms with Gasteiger partial charge in [0.25, 0.3) is 0 Å². The largest absolute Gasteiger partial charge is 0.454 e. The SMILES string of the molecule is CN(C)C1CCN(c2ccc(NC(=O)C=Cc3ccc4c(c3)OCO4)cc2)C1. The summed E-state index contributed by atoms with van der Waals surface area (Å²) < 4.78 is 10.6. The molecular weight excluding hydrogens is 354 g/mol. The molecule has 0 spiro atoms. The standard InChI is InChI=1S/C22H25N3O3/c1-24(2)19-11-12-25(14-19)18-7-5-17(6-8-18)23-22(26)10-4-16-3-9-20-21(13-16)28-15-27-20/h3-10,13,19H,11-12,14-15H2,1-2H3,(H,23,26). The monoisotopic (exact) mass is 379 g/mol. The molecule has 146 valence electrons. The Morgan fingerprint density at radius 2 is 1.93 bits per heavy atom. The van der Waals surface area contributed by atoms with E-state index in [4.69, 9.17) is 9.47 Å². The molecule has 2 aromatic rings. The van der Waals surface area contributed by atoms with E-state index in [1.165, 1.54) is 18.2 Å². The third kappa shape index (κ3) is 4.12. The van der Waals surface area contributed by atoms with Gasteiger partial charge in [-0.1, -0.05) is 6.07 Å². The maximum atomic E-state index is 12.2. The first-order chi connectivity index (χ1) is 13.6. The molecule has 0 aliphatic carbocycles. The van der Waals surface area contributed by atoms with Crippen LogP contribution in [0.3, 0.4) is 0 Å². The minimum Gasteiger partial charge on any atom is -0.454 e. The second-order valence-corrected chi connectivity index (χ2v) is 7.33. The molecule has 0 aromatic heterocycles. The van der Waals surface area contributed by atoms with Gasteiger partial charge in [-0.05, 0) is 68.6 Å². The molecule has 6 heteroatoms. The summed E-state index contributed by atoms with van der Waals surface area (Å²) in [4.78, 5) is 16.9. The van der Waals surface area contributed by atoms with Gasteiger partial charge >= 0.3 is 0 Å². The van der Waals surface area contributed by atoms with Crippen LogP contribution >= 0.6 is 0 Å². The summed E-state index contributed by atoms with van der Waals surface area (Å²) in [7, 11) is 4.26. The van der Waals surface area contributed by atoms with Crippen LogP contribution in [0.25, 0.3) is 6.08 Å². The second kappa shape index (κ2) is 7.94. The minimum atomic E-state index is -0.167. The number of nitrogens with zero attached hydrogens (tertiary/aromatic N) is 2. The van der Waals surface area contributed by atoms with E-state index in [9.17, 15) is 4.79 Å². The van der Waals surface area contributed by atoms with Crippen LogP contribution in [0, 0.1) is 0 Å². The van der Waals surface area contributed by atoms with E-state index in [0.717, 1.165) is 30.1 Å². The van der Waals surface area contributed by atoms with E-state index in [2.05, 4.69) is 41.3 Å². The van der Waals surface area contributed by atoms with Crippen LogP contribution in [0.2, 0.25) is 0 Å². The number of hydrogen-bond donors (Lipinski definition) is 1. The van der Waals surface area contributed by atoms with E-state index in [1.54, 1.807) is 6.08 Å². The quantitative estimate of drug-likeness (QED) is 0.809. The van der Waals surface area contributed by atoms with Gasteiger partial charge in [-0.25, -0.2) is 0 Å². The van der Waals surface area contributed by atoms with Gasteiger partial charge < -0.3 is 24.6 Å². The molecule has 2 aliphatic heterocycles. The number of benzene rings is 2. The van der Waals surface area contributed by atoms with Gasteiger partial charge in [0.1, 0.15) is 0 Å². The van der Waals surface area contributed by atoms with E-state index >= 15 is 0 Å². The Bertz CT molecular complexity index is 877. The van der Waals surface area contributed by atoms with Crippen LogP contribution in [0.1, 0.15) is 12.0 Å². The van der Waals surface area contributed by atoms with Crippen LogP contribution < -0.4 is 19.7 Å². The number of carbonyl (C=O) groups is 1. The third-order valence-electron chi connectivity index (χ3n) is 5.22. The van der Waals surface area contributed by atoms with Gasteiger partial charge in [-0.3, -0.25) is 4.79 Å². The van der Waals surface area contributed by atoms with Gasteiger partial charge in [0, 0.05) is 36.6 Å². The zero-order valence-electron chi connectivity index (χ0n) is 16.2. The highest BCUT2D eigenvalue weighted by atomic mass is 16.7. The second-order valence-electron chi connectivity index (χ2n) is 7.33. The van der Waals surface area contributed by atoms with E-state index in [0.29, 0.717) is 11.8 Å². The molecule has 6 nitrogen and oxygen atoms in total. The molecule has 1 atom stereocenters. The first-order valence-electron chi connectivity index (χ1n) is 9.48. The van der Waals surface area contributed by atoms with Crippen molar-refractivity contribution in [2.24, 2.45) is 0 Å². The van der Waals surface area contributed by atoms with E-state index in [-0.39, 0.29) is 12.7 Å². The maximum absolute atomic E-state index is 12.2. The molecule has 1 saturated heterocycles. The van der Waals surface area contributed by atoms with Gasteiger partial charge in [0.05, 0.1) is 0 Å². The van der Waals surface area contributed by atoms with Crippen molar-refractivity contribution >= 4 is 23.4 Å². The molecule has 0 saturated carbocycles. The highest BCUT2D eigenvalue weighted by Gasteiger charge is 2.23. The lowest BCUT2D eigenvalue weighted by atomic mass is 10.2. The molecule has 28 heavy (non-hydrogen) atoms. The van der Waals surface area contributed by atoms with Gasteiger partial charge in [0.2, 0.25) is 12.7 Å². The Hall–Kier alpha value is -2.99. The lowest BCUT2D eigenvalue weighted by Gasteiger charge is -2.22. The molecule has 1 amide bonds. The van der Waals surface area contributed by atoms with Crippen molar-refractivity contribution < 1.29 is 14.3 Å². The molecule has 4 rings (SSSR count). The average molecular weight is 379 g/mol. The Morgan fingerprint density at radius 3 is 2.68 bits per heavy atom. The number of amides is 1. The first-order valence-corrected chi connectivity index (χ1v) is 9.48. The minimum absolute atomic E-state index is 0.167. The Kier molecular flexibility index (Phi) is 5.21. The number of fused-ring (bicyclic) bond motifs is 1. The summed E-state index contributed by atoms with van der Waals surface area (Å²) in [6.45, 7) is 2.34. The number of ether oxygens (including phenoxy) is 2. The fourth-order valence-electron chi connectivity index (χ4n) is 3.53. The normalized spacial score (nSPS) is 18.2. The zero-order chi connectivity index (χ0) is 19.5. The van der Waals surface area contributed by atoms with Crippen LogP contribution in [0.15, 0.2) is 48.5 Å². The van der Waals surface area contributed by atoms with Crippen LogP contribution in [-0.4, -0.2) is 50.8 Å². The highest BCUT2D eigenvalue weighted by molar-refractivity contribution is 6.02. The topological polar surface area (TPSA) is 54.0 Å². The summed E-state index contributed by atoms with van der Waals surface area (Å²) in [5.41, 5.74) is 2.87. The van der Waals surface area contributed by atoms with Crippen molar-refractivity contribution in [2.75, 3.05) is 44.2 Å². The number of carbonyl (C=O) groups excluding carboxylic acids is 1. The summed E-state index contributed by atoms with van der Waals surface area (Å²) in [5.74, 6) is 1.27. The highest BCUT2D eigenvalue weighted by Crippen LogP contribution is 2.32. The molecule has 1 unspecified atom stereocenters. The predicted octanol–water partition coefficient (Wildman–Crippen LogP) is 3.21. The predicted molar refractivity (Wildman–Crippen MR) is 111 cm³/mol. The molecule has 0 radical (unpaired) electrons. The van der Waals surface area contributed by atoms with Crippen molar-refractivity contribution in [2.45, 2.75) is 12.5 Å². The summed E-state index contributed by atoms with van der Waals surface area (Å²) in [6.07, 6.45) is 4.46. The fourth-order valence-corrected chi connectivity index (χ4v) is 3.53. The lowest BCUT2D eigenvalue weighted by Crippen LogP contribution is -2.31. The summed E-state index contributed by atoms with van der Waals surface area (Å²) in [6, 6.07) is 14.2. The Labute approximate surface area is 165 Å². The van der Waals surface area contributed by atoms with Crippen molar-refractivity contribution in [1.29, 1.82) is 0 Å². The summed E-state index contributed by atoms with van der Waals surface area (Å²) in [5, 5.41) is 2.90. The van der Waals surface area contributed by atoms with Crippen LogP contribution in [0.5, 0.6) is 11.5 Å². The van der Waals surface area contributed by atoms with Gasteiger partial charge in [-0.2, -0.15) is 0 Å². The van der Waals surface area contributed by atoms with E-state index < -0.39 is 0 Å². The van der Waals surface area contributed by atoms with Gasteiger partial charge in [-0.15, -0.1) is 0 Å². The molecular formula is C22H25N3O3. The first kappa shape index (κ1) is 18.4.